The van der Waals surface area contributed by atoms with Crippen molar-refractivity contribution < 1.29 is 13.6 Å². The third kappa shape index (κ3) is 4.10. The van der Waals surface area contributed by atoms with Crippen LogP contribution in [0.3, 0.4) is 0 Å². The lowest BCUT2D eigenvalue weighted by atomic mass is 9.89. The van der Waals surface area contributed by atoms with Gasteiger partial charge in [-0.2, -0.15) is 0 Å². The summed E-state index contributed by atoms with van der Waals surface area (Å²) in [5.41, 5.74) is 3.79. The van der Waals surface area contributed by atoms with E-state index in [-0.39, 0.29) is 30.8 Å². The molecule has 2 fully saturated rings. The molecule has 1 unspecified atom stereocenters. The molecule has 0 aliphatic carbocycles. The number of carbonyl (C=O) groups excluding carboxylic acids is 1. The van der Waals surface area contributed by atoms with Crippen molar-refractivity contribution in [3.05, 3.63) is 30.1 Å². The van der Waals surface area contributed by atoms with Crippen molar-refractivity contribution in [2.24, 2.45) is 11.8 Å². The maximum absolute atomic E-state index is 14.3. The predicted molar refractivity (Wildman–Crippen MR) is 113 cm³/mol. The van der Waals surface area contributed by atoms with Gasteiger partial charge in [0.25, 0.3) is 5.92 Å². The fourth-order valence-electron chi connectivity index (χ4n) is 4.68. The Labute approximate surface area is 175 Å². The molecule has 30 heavy (non-hydrogen) atoms. The fourth-order valence-corrected chi connectivity index (χ4v) is 4.68. The highest BCUT2D eigenvalue weighted by molar-refractivity contribution is 5.90. The second kappa shape index (κ2) is 8.06. The summed E-state index contributed by atoms with van der Waals surface area (Å²) >= 11 is 0. The largest absolute Gasteiger partial charge is 0.367 e. The molecule has 162 valence electrons. The monoisotopic (exact) mass is 417 g/mol. The van der Waals surface area contributed by atoms with Crippen LogP contribution in [0.4, 0.5) is 14.5 Å². The van der Waals surface area contributed by atoms with Gasteiger partial charge in [0.05, 0.1) is 23.8 Å². The number of carbonyl (C=O) groups is 1. The number of aryl methyl sites for hydroxylation is 1. The Morgan fingerprint density at radius 1 is 1.23 bits per heavy atom. The number of amides is 1. The number of rotatable bonds is 4. The van der Waals surface area contributed by atoms with Gasteiger partial charge in [-0.05, 0) is 44.5 Å². The fraction of sp³-hybridized carbons (Fsp3) is 0.591. The lowest BCUT2D eigenvalue weighted by Gasteiger charge is -2.36. The molecule has 6 nitrogen and oxygen atoms in total. The van der Waals surface area contributed by atoms with Crippen LogP contribution >= 0.6 is 0 Å². The summed E-state index contributed by atoms with van der Waals surface area (Å²) in [5.74, 6) is -3.79. The minimum absolute atomic E-state index is 0.0783. The number of nitrogens with zero attached hydrogens (tertiary/aromatic N) is 4. The van der Waals surface area contributed by atoms with Crippen LogP contribution in [0.15, 0.2) is 24.5 Å². The van der Waals surface area contributed by atoms with Crippen molar-refractivity contribution in [2.45, 2.75) is 38.7 Å². The Kier molecular flexibility index (Phi) is 5.61. The zero-order valence-electron chi connectivity index (χ0n) is 17.7. The Hall–Kier alpha value is -2.35. The van der Waals surface area contributed by atoms with Crippen molar-refractivity contribution >= 4 is 22.6 Å². The molecule has 1 N–H and O–H groups in total. The molecular formula is C22H29F2N5O. The first kappa shape index (κ1) is 20.9. The summed E-state index contributed by atoms with van der Waals surface area (Å²) in [6.07, 6.45) is 3.60. The number of nitrogens with one attached hydrogen (secondary N) is 1. The normalized spacial score (nSPS) is 26.8. The van der Waals surface area contributed by atoms with Crippen LogP contribution in [0.2, 0.25) is 0 Å². The minimum Gasteiger partial charge on any atom is -0.367 e. The average molecular weight is 418 g/mol. The number of alkyl halides is 2. The summed E-state index contributed by atoms with van der Waals surface area (Å²) < 4.78 is 28.6. The molecule has 2 aromatic rings. The van der Waals surface area contributed by atoms with Gasteiger partial charge in [0.1, 0.15) is 5.52 Å². The number of piperidine rings is 1. The van der Waals surface area contributed by atoms with Gasteiger partial charge in [-0.1, -0.05) is 13.0 Å². The first-order valence-corrected chi connectivity index (χ1v) is 10.6. The number of likely N-dealkylation sites (tertiary alicyclic amines) is 1. The second-order valence-electron chi connectivity index (χ2n) is 8.90. The molecule has 1 aromatic heterocycles. The molecule has 3 atom stereocenters. The summed E-state index contributed by atoms with van der Waals surface area (Å²) in [5, 5.41) is 3.02. The summed E-state index contributed by atoms with van der Waals surface area (Å²) in [4.78, 5) is 25.4. The standard InChI is InChI=1S/C22H29F2N5O/c1-14-4-5-18(21-20(14)25-7-8-26-21)29-11-15(2)17(12-29)27-19(30)10-16-6-9-28(3)13-22(16,23)24/h4-5,7-8,15-17H,6,9-13H2,1-3H3,(H,27,30)/t15-,16?,17+/m1/s1. The first-order chi connectivity index (χ1) is 14.2. The summed E-state index contributed by atoms with van der Waals surface area (Å²) in [7, 11) is 1.69. The molecule has 1 amide bonds. The van der Waals surface area contributed by atoms with Gasteiger partial charge in [-0.25, -0.2) is 8.78 Å². The third-order valence-electron chi connectivity index (χ3n) is 6.47. The highest BCUT2D eigenvalue weighted by Crippen LogP contribution is 2.35. The average Bonchev–Trinajstić information content (AvgIpc) is 3.04. The van der Waals surface area contributed by atoms with E-state index in [2.05, 4.69) is 27.1 Å². The highest BCUT2D eigenvalue weighted by atomic mass is 19.3. The van der Waals surface area contributed by atoms with Crippen molar-refractivity contribution in [2.75, 3.05) is 38.1 Å². The molecule has 8 heteroatoms. The summed E-state index contributed by atoms with van der Waals surface area (Å²) in [6.45, 7) is 5.81. The number of halogens is 2. The van der Waals surface area contributed by atoms with E-state index in [1.807, 2.05) is 19.1 Å². The predicted octanol–water partition coefficient (Wildman–Crippen LogP) is 2.86. The molecule has 4 rings (SSSR count). The van der Waals surface area contributed by atoms with E-state index in [0.29, 0.717) is 19.5 Å². The van der Waals surface area contributed by atoms with Crippen molar-refractivity contribution in [3.8, 4) is 0 Å². The van der Waals surface area contributed by atoms with Gasteiger partial charge in [-0.3, -0.25) is 14.8 Å². The van der Waals surface area contributed by atoms with E-state index >= 15 is 0 Å². The number of hydrogen-bond acceptors (Lipinski definition) is 5. The van der Waals surface area contributed by atoms with E-state index < -0.39 is 11.8 Å². The minimum atomic E-state index is -2.82. The van der Waals surface area contributed by atoms with Crippen molar-refractivity contribution in [1.82, 2.24) is 20.2 Å². The van der Waals surface area contributed by atoms with Gasteiger partial charge in [0, 0.05) is 37.8 Å². The second-order valence-corrected chi connectivity index (χ2v) is 8.90. The molecule has 2 saturated heterocycles. The molecule has 0 radical (unpaired) electrons. The van der Waals surface area contributed by atoms with E-state index in [0.717, 1.165) is 28.8 Å². The smallest absolute Gasteiger partial charge is 0.263 e. The van der Waals surface area contributed by atoms with Crippen LogP contribution in [0.1, 0.15) is 25.3 Å². The van der Waals surface area contributed by atoms with E-state index in [1.165, 1.54) is 0 Å². The van der Waals surface area contributed by atoms with Gasteiger partial charge in [0.2, 0.25) is 5.91 Å². The quantitative estimate of drug-likeness (QED) is 0.829. The maximum atomic E-state index is 14.3. The maximum Gasteiger partial charge on any atom is 0.263 e. The van der Waals surface area contributed by atoms with E-state index in [9.17, 15) is 13.6 Å². The molecule has 2 aliphatic heterocycles. The zero-order valence-corrected chi connectivity index (χ0v) is 17.7. The van der Waals surface area contributed by atoms with Crippen molar-refractivity contribution in [1.29, 1.82) is 0 Å². The SMILES string of the molecule is Cc1ccc(N2C[C@@H](C)[C@@H](NC(=O)CC3CCN(C)CC3(F)F)C2)c2nccnc12. The third-order valence-corrected chi connectivity index (χ3v) is 6.47. The zero-order chi connectivity index (χ0) is 21.5. The van der Waals surface area contributed by atoms with Crippen LogP contribution < -0.4 is 10.2 Å². The number of anilines is 1. The number of fused-ring (bicyclic) bond motifs is 1. The first-order valence-electron chi connectivity index (χ1n) is 10.6. The lowest BCUT2D eigenvalue weighted by Crippen LogP contribution is -2.49. The number of aromatic nitrogens is 2. The van der Waals surface area contributed by atoms with Gasteiger partial charge < -0.3 is 15.1 Å². The van der Waals surface area contributed by atoms with Gasteiger partial charge >= 0.3 is 0 Å². The molecule has 2 aliphatic rings. The molecule has 1 aromatic carbocycles. The lowest BCUT2D eigenvalue weighted by molar-refractivity contribution is -0.135. The molecular weight excluding hydrogens is 388 g/mol. The van der Waals surface area contributed by atoms with Crippen LogP contribution in [0, 0.1) is 18.8 Å². The van der Waals surface area contributed by atoms with Crippen LogP contribution in [-0.2, 0) is 4.79 Å². The molecule has 0 bridgehead atoms. The number of benzene rings is 1. The van der Waals surface area contributed by atoms with Crippen LogP contribution in [0.5, 0.6) is 0 Å². The molecule has 0 saturated carbocycles. The van der Waals surface area contributed by atoms with E-state index in [4.69, 9.17) is 0 Å². The van der Waals surface area contributed by atoms with Crippen LogP contribution in [0.25, 0.3) is 11.0 Å². The topological polar surface area (TPSA) is 61.4 Å². The molecule has 0 spiro atoms. The summed E-state index contributed by atoms with van der Waals surface area (Å²) in [6, 6.07) is 4.00. The Morgan fingerprint density at radius 2 is 1.97 bits per heavy atom. The Morgan fingerprint density at radius 3 is 2.70 bits per heavy atom. The van der Waals surface area contributed by atoms with Crippen LogP contribution in [-0.4, -0.2) is 66.0 Å². The van der Waals surface area contributed by atoms with Gasteiger partial charge in [0.15, 0.2) is 0 Å². The highest BCUT2D eigenvalue weighted by Gasteiger charge is 2.44. The number of hydrogen-bond donors (Lipinski definition) is 1. The molecule has 3 heterocycles. The van der Waals surface area contributed by atoms with Crippen molar-refractivity contribution in [3.63, 3.8) is 0 Å². The Bertz CT molecular complexity index is 937. The van der Waals surface area contributed by atoms with E-state index in [1.54, 1.807) is 24.3 Å². The van der Waals surface area contributed by atoms with Gasteiger partial charge in [-0.15, -0.1) is 0 Å². The Balaban J connectivity index is 1.43.